The molecule has 0 saturated heterocycles. The van der Waals surface area contributed by atoms with Gasteiger partial charge in [-0.2, -0.15) is 0 Å². The summed E-state index contributed by atoms with van der Waals surface area (Å²) >= 11 is 0. The molecule has 0 radical (unpaired) electrons. The lowest BCUT2D eigenvalue weighted by molar-refractivity contribution is -0.139. The third-order valence-electron chi connectivity index (χ3n) is 2.53. The van der Waals surface area contributed by atoms with E-state index in [0.29, 0.717) is 5.92 Å². The molecule has 17 heavy (non-hydrogen) atoms. The zero-order valence-corrected chi connectivity index (χ0v) is 10.6. The van der Waals surface area contributed by atoms with Crippen molar-refractivity contribution in [3.63, 3.8) is 0 Å². The van der Waals surface area contributed by atoms with Crippen LogP contribution in [0.2, 0.25) is 0 Å². The first kappa shape index (κ1) is 13.3. The first-order valence-corrected chi connectivity index (χ1v) is 5.72. The molecule has 0 bridgehead atoms. The van der Waals surface area contributed by atoms with Gasteiger partial charge in [-0.25, -0.2) is 0 Å². The van der Waals surface area contributed by atoms with Gasteiger partial charge in [-0.1, -0.05) is 31.9 Å². The molecule has 0 aliphatic rings. The molecule has 0 spiro atoms. The standard InChI is InChI=1S/C15H18O2/c1-5-13-7-6-12(8-11(2)3)9-14(13)10-15(16)17-4/h1,6-7,9,11H,8,10H2,2-4H3. The van der Waals surface area contributed by atoms with E-state index in [4.69, 9.17) is 6.42 Å². The minimum Gasteiger partial charge on any atom is -0.469 e. The summed E-state index contributed by atoms with van der Waals surface area (Å²) in [4.78, 5) is 11.3. The number of carbonyl (C=O) groups is 1. The van der Waals surface area contributed by atoms with Crippen LogP contribution in [-0.2, 0) is 22.4 Å². The highest BCUT2D eigenvalue weighted by atomic mass is 16.5. The van der Waals surface area contributed by atoms with Gasteiger partial charge in [0.05, 0.1) is 13.5 Å². The Morgan fingerprint density at radius 2 is 2.18 bits per heavy atom. The van der Waals surface area contributed by atoms with E-state index in [0.717, 1.165) is 17.5 Å². The molecule has 0 heterocycles. The molecule has 90 valence electrons. The van der Waals surface area contributed by atoms with Crippen molar-refractivity contribution in [1.29, 1.82) is 0 Å². The van der Waals surface area contributed by atoms with Crippen molar-refractivity contribution in [3.8, 4) is 12.3 Å². The molecule has 0 aliphatic carbocycles. The van der Waals surface area contributed by atoms with Crippen molar-refractivity contribution in [3.05, 3.63) is 34.9 Å². The zero-order chi connectivity index (χ0) is 12.8. The first-order chi connectivity index (χ1) is 8.06. The molecule has 0 aliphatic heterocycles. The Hall–Kier alpha value is -1.75. The minimum absolute atomic E-state index is 0.238. The van der Waals surface area contributed by atoms with E-state index in [1.807, 2.05) is 18.2 Å². The highest BCUT2D eigenvalue weighted by Crippen LogP contribution is 2.15. The number of esters is 1. The van der Waals surface area contributed by atoms with Crippen molar-refractivity contribution < 1.29 is 9.53 Å². The highest BCUT2D eigenvalue weighted by Gasteiger charge is 2.08. The molecule has 2 nitrogen and oxygen atoms in total. The van der Waals surface area contributed by atoms with Gasteiger partial charge in [0.15, 0.2) is 0 Å². The number of hydrogen-bond acceptors (Lipinski definition) is 2. The summed E-state index contributed by atoms with van der Waals surface area (Å²) in [7, 11) is 1.38. The molecular weight excluding hydrogens is 212 g/mol. The lowest BCUT2D eigenvalue weighted by atomic mass is 9.96. The summed E-state index contributed by atoms with van der Waals surface area (Å²) in [5, 5.41) is 0. The molecule has 1 aromatic rings. The fourth-order valence-electron chi connectivity index (χ4n) is 1.76. The topological polar surface area (TPSA) is 26.3 Å². The molecule has 0 N–H and O–H groups in total. The lowest BCUT2D eigenvalue weighted by Crippen LogP contribution is -2.07. The number of carbonyl (C=O) groups excluding carboxylic acids is 1. The Kier molecular flexibility index (Phi) is 4.78. The SMILES string of the molecule is C#Cc1ccc(CC(C)C)cc1CC(=O)OC. The van der Waals surface area contributed by atoms with Crippen molar-refractivity contribution in [2.45, 2.75) is 26.7 Å². The second kappa shape index (κ2) is 6.10. The van der Waals surface area contributed by atoms with Gasteiger partial charge in [0.1, 0.15) is 0 Å². The van der Waals surface area contributed by atoms with Gasteiger partial charge in [0.25, 0.3) is 0 Å². The van der Waals surface area contributed by atoms with Crippen LogP contribution in [0.25, 0.3) is 0 Å². The average Bonchev–Trinajstić information content (AvgIpc) is 2.28. The summed E-state index contributed by atoms with van der Waals surface area (Å²) in [6.45, 7) is 4.32. The van der Waals surface area contributed by atoms with E-state index in [9.17, 15) is 4.79 Å². The maximum absolute atomic E-state index is 11.3. The van der Waals surface area contributed by atoms with E-state index >= 15 is 0 Å². The van der Waals surface area contributed by atoms with Crippen LogP contribution >= 0.6 is 0 Å². The molecule has 1 rings (SSSR count). The predicted octanol–water partition coefficient (Wildman–Crippen LogP) is 2.58. The van der Waals surface area contributed by atoms with Crippen LogP contribution in [0, 0.1) is 18.3 Å². The van der Waals surface area contributed by atoms with Crippen LogP contribution < -0.4 is 0 Å². The lowest BCUT2D eigenvalue weighted by Gasteiger charge is -2.09. The summed E-state index contributed by atoms with van der Waals surface area (Å²) in [6, 6.07) is 5.93. The van der Waals surface area contributed by atoms with Crippen molar-refractivity contribution in [2.24, 2.45) is 5.92 Å². The fraction of sp³-hybridized carbons (Fsp3) is 0.400. The second-order valence-electron chi connectivity index (χ2n) is 4.49. The summed E-state index contributed by atoms with van der Waals surface area (Å²) in [5.74, 6) is 2.92. The van der Waals surface area contributed by atoms with Crippen LogP contribution in [0.4, 0.5) is 0 Å². The van der Waals surface area contributed by atoms with Crippen LogP contribution in [0.15, 0.2) is 18.2 Å². The van der Waals surface area contributed by atoms with Crippen molar-refractivity contribution >= 4 is 5.97 Å². The monoisotopic (exact) mass is 230 g/mol. The zero-order valence-electron chi connectivity index (χ0n) is 10.6. The van der Waals surface area contributed by atoms with Gasteiger partial charge in [-0.3, -0.25) is 4.79 Å². The molecular formula is C15H18O2. The van der Waals surface area contributed by atoms with Gasteiger partial charge in [-0.15, -0.1) is 6.42 Å². The summed E-state index contributed by atoms with van der Waals surface area (Å²) < 4.78 is 4.67. The molecule has 0 fully saturated rings. The Morgan fingerprint density at radius 1 is 1.47 bits per heavy atom. The Bertz CT molecular complexity index is 439. The number of benzene rings is 1. The van der Waals surface area contributed by atoms with Gasteiger partial charge in [0.2, 0.25) is 0 Å². The van der Waals surface area contributed by atoms with Crippen molar-refractivity contribution in [1.82, 2.24) is 0 Å². The third kappa shape index (κ3) is 3.96. The van der Waals surface area contributed by atoms with Gasteiger partial charge in [-0.05, 0) is 29.5 Å². The van der Waals surface area contributed by atoms with Crippen LogP contribution in [0.1, 0.15) is 30.5 Å². The number of rotatable bonds is 4. The first-order valence-electron chi connectivity index (χ1n) is 5.72. The number of hydrogen-bond donors (Lipinski definition) is 0. The molecule has 0 atom stereocenters. The van der Waals surface area contributed by atoms with Crippen LogP contribution in [0.5, 0.6) is 0 Å². The van der Waals surface area contributed by atoms with E-state index in [1.54, 1.807) is 0 Å². The Morgan fingerprint density at radius 3 is 2.71 bits per heavy atom. The minimum atomic E-state index is -0.261. The normalized spacial score (nSPS) is 10.1. The largest absolute Gasteiger partial charge is 0.469 e. The van der Waals surface area contributed by atoms with Gasteiger partial charge < -0.3 is 4.74 Å². The van der Waals surface area contributed by atoms with Crippen molar-refractivity contribution in [2.75, 3.05) is 7.11 Å². The Labute approximate surface area is 103 Å². The number of ether oxygens (including phenoxy) is 1. The second-order valence-corrected chi connectivity index (χ2v) is 4.49. The fourth-order valence-corrected chi connectivity index (χ4v) is 1.76. The smallest absolute Gasteiger partial charge is 0.310 e. The maximum Gasteiger partial charge on any atom is 0.310 e. The van der Waals surface area contributed by atoms with Gasteiger partial charge >= 0.3 is 5.97 Å². The summed E-state index contributed by atoms with van der Waals surface area (Å²) in [6.07, 6.45) is 6.64. The predicted molar refractivity (Wildman–Crippen MR) is 68.6 cm³/mol. The van der Waals surface area contributed by atoms with Crippen LogP contribution in [-0.4, -0.2) is 13.1 Å². The molecule has 2 heteroatoms. The molecule has 0 amide bonds. The molecule has 1 aromatic carbocycles. The molecule has 0 saturated carbocycles. The van der Waals surface area contributed by atoms with E-state index in [1.165, 1.54) is 12.7 Å². The maximum atomic E-state index is 11.3. The quantitative estimate of drug-likeness (QED) is 0.587. The number of terminal acetylenes is 1. The Balaban J connectivity index is 2.99. The van der Waals surface area contributed by atoms with E-state index < -0.39 is 0 Å². The average molecular weight is 230 g/mol. The van der Waals surface area contributed by atoms with Crippen LogP contribution in [0.3, 0.4) is 0 Å². The van der Waals surface area contributed by atoms with E-state index in [2.05, 4.69) is 24.5 Å². The van der Waals surface area contributed by atoms with E-state index in [-0.39, 0.29) is 12.4 Å². The molecule has 0 aromatic heterocycles. The molecule has 0 unspecified atom stereocenters. The van der Waals surface area contributed by atoms with Gasteiger partial charge in [0, 0.05) is 5.56 Å². The highest BCUT2D eigenvalue weighted by molar-refractivity contribution is 5.73. The number of methoxy groups -OCH3 is 1. The third-order valence-corrected chi connectivity index (χ3v) is 2.53. The summed E-state index contributed by atoms with van der Waals surface area (Å²) in [5.41, 5.74) is 2.85.